The molecule has 0 aliphatic heterocycles. The zero-order chi connectivity index (χ0) is 17.7. The fraction of sp³-hybridized carbons (Fsp3) is 0.389. The molecular formula is C18H21N3OS2. The summed E-state index contributed by atoms with van der Waals surface area (Å²) in [5.74, 6) is 3.15. The van der Waals surface area contributed by atoms with E-state index < -0.39 is 0 Å². The van der Waals surface area contributed by atoms with Gasteiger partial charge in [0.05, 0.1) is 16.4 Å². The second kappa shape index (κ2) is 8.41. The molecule has 1 aromatic heterocycles. The monoisotopic (exact) mass is 359 g/mol. The molecule has 0 radical (unpaired) electrons. The van der Waals surface area contributed by atoms with Crippen molar-refractivity contribution in [2.75, 3.05) is 26.1 Å². The predicted molar refractivity (Wildman–Crippen MR) is 103 cm³/mol. The number of allylic oxidation sites excluding steroid dienone is 4. The van der Waals surface area contributed by atoms with E-state index in [0.717, 1.165) is 34.6 Å². The molecule has 0 N–H and O–H groups in total. The Hall–Kier alpha value is -1.71. The molecule has 0 saturated heterocycles. The fourth-order valence-electron chi connectivity index (χ4n) is 2.44. The SMILES string of the molecule is C#C/C(SC)=C1\C(=C/C)CCc2cnc(SCC(=O)N(C)C)nc21. The second-order valence-electron chi connectivity index (χ2n) is 5.47. The Labute approximate surface area is 152 Å². The number of hydrogen-bond donors (Lipinski definition) is 0. The van der Waals surface area contributed by atoms with E-state index in [4.69, 9.17) is 11.4 Å². The molecule has 4 nitrogen and oxygen atoms in total. The zero-order valence-corrected chi connectivity index (χ0v) is 16.1. The van der Waals surface area contributed by atoms with Gasteiger partial charge in [-0.1, -0.05) is 23.8 Å². The van der Waals surface area contributed by atoms with Crippen molar-refractivity contribution in [3.05, 3.63) is 34.0 Å². The zero-order valence-electron chi connectivity index (χ0n) is 14.4. The van der Waals surface area contributed by atoms with Crippen LogP contribution in [0.5, 0.6) is 0 Å². The smallest absolute Gasteiger partial charge is 0.232 e. The lowest BCUT2D eigenvalue weighted by Gasteiger charge is -2.22. The van der Waals surface area contributed by atoms with Crippen LogP contribution >= 0.6 is 23.5 Å². The van der Waals surface area contributed by atoms with E-state index in [-0.39, 0.29) is 5.91 Å². The molecule has 24 heavy (non-hydrogen) atoms. The van der Waals surface area contributed by atoms with Gasteiger partial charge in [-0.2, -0.15) is 0 Å². The van der Waals surface area contributed by atoms with Gasteiger partial charge in [0.15, 0.2) is 5.16 Å². The number of fused-ring (bicyclic) bond motifs is 1. The minimum Gasteiger partial charge on any atom is -0.348 e. The quantitative estimate of drug-likeness (QED) is 0.469. The molecule has 0 aromatic carbocycles. The number of carbonyl (C=O) groups is 1. The summed E-state index contributed by atoms with van der Waals surface area (Å²) in [5.41, 5.74) is 4.29. The maximum atomic E-state index is 11.8. The van der Waals surface area contributed by atoms with Crippen LogP contribution in [0.1, 0.15) is 24.6 Å². The summed E-state index contributed by atoms with van der Waals surface area (Å²) >= 11 is 2.92. The first-order valence-corrected chi connectivity index (χ1v) is 9.82. The van der Waals surface area contributed by atoms with Gasteiger partial charge in [0.2, 0.25) is 5.91 Å². The molecule has 1 aliphatic carbocycles. The number of aromatic nitrogens is 2. The van der Waals surface area contributed by atoms with Gasteiger partial charge in [0.25, 0.3) is 0 Å². The van der Waals surface area contributed by atoms with Gasteiger partial charge in [0.1, 0.15) is 0 Å². The molecule has 0 spiro atoms. The van der Waals surface area contributed by atoms with Crippen LogP contribution in [0, 0.1) is 12.3 Å². The number of nitrogens with zero attached hydrogens (tertiary/aromatic N) is 3. The lowest BCUT2D eigenvalue weighted by Crippen LogP contribution is -2.23. The molecule has 1 heterocycles. The molecule has 126 valence electrons. The van der Waals surface area contributed by atoms with Crippen molar-refractivity contribution in [2.24, 2.45) is 0 Å². The van der Waals surface area contributed by atoms with Gasteiger partial charge < -0.3 is 4.90 Å². The second-order valence-corrected chi connectivity index (χ2v) is 7.23. The Morgan fingerprint density at radius 2 is 2.21 bits per heavy atom. The minimum atomic E-state index is 0.0413. The Bertz CT molecular complexity index is 745. The molecule has 6 heteroatoms. The van der Waals surface area contributed by atoms with Crippen LogP contribution in [0.15, 0.2) is 27.9 Å². The first kappa shape index (κ1) is 18.6. The maximum absolute atomic E-state index is 11.8. The van der Waals surface area contributed by atoms with Gasteiger partial charge >= 0.3 is 0 Å². The third kappa shape index (κ3) is 4.03. The highest BCUT2D eigenvalue weighted by atomic mass is 32.2. The number of thioether (sulfide) groups is 2. The molecule has 1 amide bonds. The van der Waals surface area contributed by atoms with Crippen LogP contribution in [0.2, 0.25) is 0 Å². The lowest BCUT2D eigenvalue weighted by atomic mass is 9.87. The number of terminal acetylenes is 1. The average molecular weight is 360 g/mol. The predicted octanol–water partition coefficient (Wildman–Crippen LogP) is 3.26. The van der Waals surface area contributed by atoms with Crippen LogP contribution in [-0.2, 0) is 11.2 Å². The molecule has 0 atom stereocenters. The van der Waals surface area contributed by atoms with E-state index in [1.54, 1.807) is 30.8 Å². The van der Waals surface area contributed by atoms with Crippen molar-refractivity contribution in [3.63, 3.8) is 0 Å². The molecular weight excluding hydrogens is 338 g/mol. The van der Waals surface area contributed by atoms with Gasteiger partial charge in [-0.15, -0.1) is 18.2 Å². The number of carbonyl (C=O) groups excluding carboxylic acids is 1. The van der Waals surface area contributed by atoms with Crippen molar-refractivity contribution in [2.45, 2.75) is 24.9 Å². The summed E-state index contributed by atoms with van der Waals surface area (Å²) in [6, 6.07) is 0. The highest BCUT2D eigenvalue weighted by molar-refractivity contribution is 8.02. The fourth-order valence-corrected chi connectivity index (χ4v) is 3.78. The van der Waals surface area contributed by atoms with Crippen molar-refractivity contribution >= 4 is 35.0 Å². The molecule has 0 saturated carbocycles. The Kier molecular flexibility index (Phi) is 6.52. The van der Waals surface area contributed by atoms with E-state index in [1.165, 1.54) is 17.3 Å². The van der Waals surface area contributed by atoms with Crippen molar-refractivity contribution in [1.29, 1.82) is 0 Å². The molecule has 0 fully saturated rings. The summed E-state index contributed by atoms with van der Waals surface area (Å²) in [6.45, 7) is 2.03. The Balaban J connectivity index is 2.42. The topological polar surface area (TPSA) is 46.1 Å². The van der Waals surface area contributed by atoms with Crippen LogP contribution < -0.4 is 0 Å². The van der Waals surface area contributed by atoms with E-state index in [9.17, 15) is 4.79 Å². The molecule has 0 unspecified atom stereocenters. The first-order valence-electron chi connectivity index (χ1n) is 7.61. The first-order chi connectivity index (χ1) is 11.5. The number of amides is 1. The minimum absolute atomic E-state index is 0.0413. The normalized spacial score (nSPS) is 17.2. The summed E-state index contributed by atoms with van der Waals surface area (Å²) < 4.78 is 0. The van der Waals surface area contributed by atoms with Gasteiger partial charge in [0, 0.05) is 25.9 Å². The number of hydrogen-bond acceptors (Lipinski definition) is 5. The van der Waals surface area contributed by atoms with E-state index in [0.29, 0.717) is 10.9 Å². The largest absolute Gasteiger partial charge is 0.348 e. The Morgan fingerprint density at radius 1 is 1.46 bits per heavy atom. The third-order valence-electron chi connectivity index (χ3n) is 3.80. The van der Waals surface area contributed by atoms with E-state index in [1.807, 2.05) is 19.4 Å². The summed E-state index contributed by atoms with van der Waals surface area (Å²) in [6.07, 6.45) is 13.5. The molecule has 2 rings (SSSR count). The lowest BCUT2D eigenvalue weighted by molar-refractivity contribution is -0.125. The van der Waals surface area contributed by atoms with Crippen molar-refractivity contribution in [3.8, 4) is 12.3 Å². The van der Waals surface area contributed by atoms with Crippen molar-refractivity contribution < 1.29 is 4.79 Å². The summed E-state index contributed by atoms with van der Waals surface area (Å²) in [5, 5.41) is 0.608. The molecule has 1 aromatic rings. The highest BCUT2D eigenvalue weighted by Gasteiger charge is 2.23. The third-order valence-corrected chi connectivity index (χ3v) is 5.37. The van der Waals surface area contributed by atoms with Gasteiger partial charge in [-0.3, -0.25) is 4.79 Å². The average Bonchev–Trinajstić information content (AvgIpc) is 2.60. The van der Waals surface area contributed by atoms with Crippen LogP contribution in [0.25, 0.3) is 5.57 Å². The summed E-state index contributed by atoms with van der Waals surface area (Å²) in [7, 11) is 3.49. The van der Waals surface area contributed by atoms with E-state index in [2.05, 4.69) is 17.0 Å². The highest BCUT2D eigenvalue weighted by Crippen LogP contribution is 2.38. The van der Waals surface area contributed by atoms with Crippen LogP contribution in [0.3, 0.4) is 0 Å². The molecule has 1 aliphatic rings. The van der Waals surface area contributed by atoms with Crippen LogP contribution in [-0.4, -0.2) is 46.9 Å². The molecule has 0 bridgehead atoms. The van der Waals surface area contributed by atoms with Crippen molar-refractivity contribution in [1.82, 2.24) is 14.9 Å². The Morgan fingerprint density at radius 3 is 2.79 bits per heavy atom. The summed E-state index contributed by atoms with van der Waals surface area (Å²) in [4.78, 5) is 23.3. The van der Waals surface area contributed by atoms with Gasteiger partial charge in [-0.25, -0.2) is 9.97 Å². The number of aryl methyl sites for hydroxylation is 1. The van der Waals surface area contributed by atoms with Crippen LogP contribution in [0.4, 0.5) is 0 Å². The van der Waals surface area contributed by atoms with E-state index >= 15 is 0 Å². The maximum Gasteiger partial charge on any atom is 0.232 e. The number of rotatable bonds is 4. The standard InChI is InChI=1S/C18H21N3OS2/c1-6-12-8-9-13-10-19-18(24-11-15(22)21(3)4)20-17(13)16(12)14(7-2)23-5/h2,6,10H,8-9,11H2,1,3-5H3/b12-6-,16-14-. The van der Waals surface area contributed by atoms with Gasteiger partial charge in [-0.05, 0) is 37.2 Å².